The zero-order valence-corrected chi connectivity index (χ0v) is 17.4. The highest BCUT2D eigenvalue weighted by atomic mass is 35.5. The zero-order valence-electron chi connectivity index (χ0n) is 15.0. The van der Waals surface area contributed by atoms with Crippen molar-refractivity contribution in [3.8, 4) is 5.75 Å². The highest BCUT2D eigenvalue weighted by molar-refractivity contribution is 7.89. The lowest BCUT2D eigenvalue weighted by atomic mass is 10.3. The van der Waals surface area contributed by atoms with E-state index in [0.717, 1.165) is 19.2 Å². The number of benzene rings is 2. The number of hydrogen-bond donors (Lipinski definition) is 1. The van der Waals surface area contributed by atoms with Gasteiger partial charge in [-0.3, -0.25) is 4.21 Å². The van der Waals surface area contributed by atoms with E-state index in [1.54, 1.807) is 0 Å². The van der Waals surface area contributed by atoms with E-state index in [1.807, 2.05) is 0 Å². The molecule has 2 rings (SSSR count). The summed E-state index contributed by atoms with van der Waals surface area (Å²) in [6.07, 6.45) is 0. The molecule has 0 amide bonds. The van der Waals surface area contributed by atoms with Crippen LogP contribution in [-0.4, -0.2) is 44.6 Å². The minimum atomic E-state index is -3.85. The third-order valence-electron chi connectivity index (χ3n) is 3.50. The van der Waals surface area contributed by atoms with E-state index in [-0.39, 0.29) is 22.1 Å². The van der Waals surface area contributed by atoms with Gasteiger partial charge in [0.1, 0.15) is 0 Å². The Labute approximate surface area is 173 Å². The number of carbonyl (C=O) groups excluding carboxylic acids is 1. The maximum atomic E-state index is 14.0. The predicted octanol–water partition coefficient (Wildman–Crippen LogP) is 2.26. The topological polar surface area (TPSA) is 98.8 Å². The Balaban J connectivity index is 2.00. The molecule has 0 aliphatic rings. The lowest BCUT2D eigenvalue weighted by molar-refractivity contribution is -0.143. The van der Waals surface area contributed by atoms with Crippen molar-refractivity contribution in [1.82, 2.24) is 4.72 Å². The summed E-state index contributed by atoms with van der Waals surface area (Å²) in [4.78, 5) is 10.8. The maximum absolute atomic E-state index is 14.0. The number of methoxy groups -OCH3 is 1. The summed E-state index contributed by atoms with van der Waals surface area (Å²) in [5.41, 5.74) is 0. The van der Waals surface area contributed by atoms with Crippen LogP contribution in [0.1, 0.15) is 0 Å². The van der Waals surface area contributed by atoms with Gasteiger partial charge in [-0.15, -0.1) is 0 Å². The van der Waals surface area contributed by atoms with Gasteiger partial charge in [0, 0.05) is 22.2 Å². The molecule has 2 aromatic rings. The van der Waals surface area contributed by atoms with Gasteiger partial charge in [0.05, 0.1) is 22.8 Å². The number of hydrogen-bond acceptors (Lipinski definition) is 6. The van der Waals surface area contributed by atoms with Crippen molar-refractivity contribution in [1.29, 1.82) is 0 Å². The van der Waals surface area contributed by atoms with Crippen molar-refractivity contribution < 1.29 is 35.7 Å². The highest BCUT2D eigenvalue weighted by Gasteiger charge is 2.18. The maximum Gasteiger partial charge on any atom is 0.343 e. The lowest BCUT2D eigenvalue weighted by Crippen LogP contribution is -2.28. The minimum Gasteiger partial charge on any atom is -0.476 e. The number of esters is 1. The Hall–Kier alpha value is -2.08. The van der Waals surface area contributed by atoms with E-state index >= 15 is 0 Å². The molecule has 7 nitrogen and oxygen atoms in total. The van der Waals surface area contributed by atoms with Gasteiger partial charge in [-0.2, -0.15) is 0 Å². The molecule has 0 radical (unpaired) electrons. The SMILES string of the molecule is COC(=O)COc1c(F)cc([S@@](=O)CCNS(=O)(=O)c2ccc(Cl)cc2)cc1F. The molecule has 2 aromatic carbocycles. The molecule has 0 aromatic heterocycles. The van der Waals surface area contributed by atoms with E-state index in [4.69, 9.17) is 16.3 Å². The second kappa shape index (κ2) is 10.1. The molecule has 1 atom stereocenters. The molecule has 0 bridgehead atoms. The van der Waals surface area contributed by atoms with Gasteiger partial charge in [-0.25, -0.2) is 26.7 Å². The van der Waals surface area contributed by atoms with Gasteiger partial charge in [0.25, 0.3) is 0 Å². The fourth-order valence-corrected chi connectivity index (χ4v) is 4.36. The molecule has 0 spiro atoms. The summed E-state index contributed by atoms with van der Waals surface area (Å²) in [7, 11) is -4.66. The first-order chi connectivity index (χ1) is 13.6. The van der Waals surface area contributed by atoms with Crippen LogP contribution in [-0.2, 0) is 30.4 Å². The van der Waals surface area contributed by atoms with Crippen molar-refractivity contribution >= 4 is 38.4 Å². The van der Waals surface area contributed by atoms with Gasteiger partial charge in [0.15, 0.2) is 24.0 Å². The van der Waals surface area contributed by atoms with Crippen LogP contribution in [0.2, 0.25) is 5.02 Å². The molecule has 1 N–H and O–H groups in total. The second-order valence-electron chi connectivity index (χ2n) is 5.48. The van der Waals surface area contributed by atoms with Gasteiger partial charge in [-0.05, 0) is 36.4 Å². The number of nitrogens with one attached hydrogen (secondary N) is 1. The zero-order chi connectivity index (χ0) is 21.6. The number of ether oxygens (including phenoxy) is 2. The van der Waals surface area contributed by atoms with Crippen LogP contribution in [0.15, 0.2) is 46.2 Å². The van der Waals surface area contributed by atoms with Crippen LogP contribution < -0.4 is 9.46 Å². The Kier molecular flexibility index (Phi) is 8.08. The highest BCUT2D eigenvalue weighted by Crippen LogP contribution is 2.25. The van der Waals surface area contributed by atoms with Crippen molar-refractivity contribution in [3.63, 3.8) is 0 Å². The van der Waals surface area contributed by atoms with Gasteiger partial charge >= 0.3 is 5.97 Å². The summed E-state index contributed by atoms with van der Waals surface area (Å²) in [6, 6.07) is 7.01. The molecule has 29 heavy (non-hydrogen) atoms. The van der Waals surface area contributed by atoms with Crippen LogP contribution in [0.4, 0.5) is 8.78 Å². The Morgan fingerprint density at radius 1 is 1.17 bits per heavy atom. The average molecular weight is 468 g/mol. The van der Waals surface area contributed by atoms with Gasteiger partial charge in [-0.1, -0.05) is 11.6 Å². The molecule has 0 aliphatic carbocycles. The summed E-state index contributed by atoms with van der Waals surface area (Å²) < 4.78 is 75.8. The Bertz CT molecular complexity index is 992. The number of rotatable bonds is 9. The quantitative estimate of drug-likeness (QED) is 0.568. The van der Waals surface area contributed by atoms with Crippen LogP contribution >= 0.6 is 11.6 Å². The van der Waals surface area contributed by atoms with E-state index < -0.39 is 50.8 Å². The molecule has 0 fully saturated rings. The standard InChI is InChI=1S/C17H16ClF2NO6S2/c1-26-16(22)10-27-17-14(19)8-12(9-15(17)20)28(23)7-6-21-29(24,25)13-4-2-11(18)3-5-13/h2-5,8-9,21H,6-7,10H2,1H3/t28-/m0/s1. The van der Waals surface area contributed by atoms with Crippen molar-refractivity contribution in [3.05, 3.63) is 53.1 Å². The fraction of sp³-hybridized carbons (Fsp3) is 0.235. The number of halogens is 3. The molecule has 0 saturated heterocycles. The fourth-order valence-electron chi connectivity index (χ4n) is 2.08. The van der Waals surface area contributed by atoms with Crippen LogP contribution in [0.25, 0.3) is 0 Å². The van der Waals surface area contributed by atoms with Crippen molar-refractivity contribution in [2.24, 2.45) is 0 Å². The minimum absolute atomic E-state index is 0.0307. The Morgan fingerprint density at radius 3 is 2.31 bits per heavy atom. The number of carbonyl (C=O) groups is 1. The number of sulfonamides is 1. The van der Waals surface area contributed by atoms with E-state index in [2.05, 4.69) is 9.46 Å². The molecule has 0 saturated carbocycles. The van der Waals surface area contributed by atoms with Gasteiger partial charge < -0.3 is 9.47 Å². The molecular weight excluding hydrogens is 452 g/mol. The second-order valence-corrected chi connectivity index (χ2v) is 9.26. The van der Waals surface area contributed by atoms with Gasteiger partial charge in [0.2, 0.25) is 10.0 Å². The van der Waals surface area contributed by atoms with E-state index in [0.29, 0.717) is 5.02 Å². The monoisotopic (exact) mass is 467 g/mol. The third kappa shape index (κ3) is 6.46. The third-order valence-corrected chi connectivity index (χ3v) is 6.57. The smallest absolute Gasteiger partial charge is 0.343 e. The first-order valence-electron chi connectivity index (χ1n) is 7.96. The molecule has 158 valence electrons. The normalized spacial score (nSPS) is 12.4. The van der Waals surface area contributed by atoms with Crippen molar-refractivity contribution in [2.75, 3.05) is 26.0 Å². The van der Waals surface area contributed by atoms with Crippen LogP contribution in [0.3, 0.4) is 0 Å². The molecule has 0 unspecified atom stereocenters. The summed E-state index contributed by atoms with van der Waals surface area (Å²) >= 11 is 5.71. The lowest BCUT2D eigenvalue weighted by Gasteiger charge is -2.10. The van der Waals surface area contributed by atoms with E-state index in [1.165, 1.54) is 24.3 Å². The van der Waals surface area contributed by atoms with Crippen LogP contribution in [0, 0.1) is 11.6 Å². The first-order valence-corrected chi connectivity index (χ1v) is 11.1. The first kappa shape index (κ1) is 23.2. The predicted molar refractivity (Wildman–Crippen MR) is 102 cm³/mol. The molecule has 0 heterocycles. The summed E-state index contributed by atoms with van der Waals surface area (Å²) in [5.74, 6) is -4.17. The Morgan fingerprint density at radius 2 is 1.76 bits per heavy atom. The molecule has 12 heteroatoms. The molecule has 0 aliphatic heterocycles. The van der Waals surface area contributed by atoms with Crippen molar-refractivity contribution in [2.45, 2.75) is 9.79 Å². The summed E-state index contributed by atoms with van der Waals surface area (Å²) in [5, 5.41) is 0.369. The summed E-state index contributed by atoms with van der Waals surface area (Å²) in [6.45, 7) is -0.930. The van der Waals surface area contributed by atoms with E-state index in [9.17, 15) is 26.2 Å². The largest absolute Gasteiger partial charge is 0.476 e. The molecular formula is C17H16ClF2NO6S2. The average Bonchev–Trinajstić information content (AvgIpc) is 2.67. The van der Waals surface area contributed by atoms with Crippen LogP contribution in [0.5, 0.6) is 5.75 Å².